The fourth-order valence-corrected chi connectivity index (χ4v) is 3.37. The van der Waals surface area contributed by atoms with Gasteiger partial charge in [-0.05, 0) is 47.2 Å². The fourth-order valence-electron chi connectivity index (χ4n) is 3.37. The van der Waals surface area contributed by atoms with Gasteiger partial charge in [-0.3, -0.25) is 4.79 Å². The molecule has 1 aliphatic carbocycles. The lowest BCUT2D eigenvalue weighted by Crippen LogP contribution is -2.09. The van der Waals surface area contributed by atoms with Crippen molar-refractivity contribution in [2.75, 3.05) is 6.61 Å². The van der Waals surface area contributed by atoms with Gasteiger partial charge in [0.2, 0.25) is 5.91 Å². The molecule has 0 aromatic heterocycles. The molecule has 1 unspecified atom stereocenters. The Hall–Kier alpha value is -2.33. The van der Waals surface area contributed by atoms with Crippen LogP contribution in [0.15, 0.2) is 42.5 Å². The molecule has 0 bridgehead atoms. The highest BCUT2D eigenvalue weighted by Gasteiger charge is 2.26. The Labute approximate surface area is 148 Å². The fraction of sp³-hybridized carbons (Fsp3) is 0.381. The van der Waals surface area contributed by atoms with Crippen LogP contribution in [0.1, 0.15) is 55.8 Å². The van der Waals surface area contributed by atoms with E-state index in [1.165, 1.54) is 0 Å². The van der Waals surface area contributed by atoms with Crippen LogP contribution in [0, 0.1) is 0 Å². The molecule has 3 rings (SSSR count). The molecule has 4 heteroatoms. The summed E-state index contributed by atoms with van der Waals surface area (Å²) in [6.07, 6.45) is 4.98. The minimum Gasteiger partial charge on any atom is -0.494 e. The average Bonchev–Trinajstić information content (AvgIpc) is 2.90. The van der Waals surface area contributed by atoms with Crippen molar-refractivity contribution in [3.8, 4) is 16.9 Å². The van der Waals surface area contributed by atoms with E-state index in [-0.39, 0.29) is 5.91 Å². The Bertz CT molecular complexity index is 742. The lowest BCUT2D eigenvalue weighted by molar-refractivity contribution is -0.118. The molecule has 3 N–H and O–H groups in total. The number of carbonyl (C=O) groups excluding carboxylic acids is 1. The zero-order valence-corrected chi connectivity index (χ0v) is 14.4. The quantitative estimate of drug-likeness (QED) is 0.679. The second-order valence-electron chi connectivity index (χ2n) is 6.57. The molecule has 1 atom stereocenters. The number of amides is 1. The number of ether oxygens (including phenoxy) is 1. The molecular formula is C21H25NO3. The van der Waals surface area contributed by atoms with Crippen LogP contribution in [-0.2, 0) is 4.79 Å². The molecule has 0 fully saturated rings. The number of fused-ring (bicyclic) bond motifs is 3. The van der Waals surface area contributed by atoms with Crippen LogP contribution in [0.25, 0.3) is 11.1 Å². The van der Waals surface area contributed by atoms with Crippen LogP contribution in [0.5, 0.6) is 5.75 Å². The van der Waals surface area contributed by atoms with Crippen LogP contribution >= 0.6 is 0 Å². The van der Waals surface area contributed by atoms with Crippen LogP contribution in [0.4, 0.5) is 0 Å². The average molecular weight is 339 g/mol. The van der Waals surface area contributed by atoms with E-state index in [0.29, 0.717) is 13.0 Å². The second-order valence-corrected chi connectivity index (χ2v) is 6.57. The molecule has 1 aliphatic rings. The molecule has 132 valence electrons. The second kappa shape index (κ2) is 8.17. The van der Waals surface area contributed by atoms with Crippen molar-refractivity contribution in [3.05, 3.63) is 53.6 Å². The van der Waals surface area contributed by atoms with Crippen molar-refractivity contribution in [1.29, 1.82) is 0 Å². The van der Waals surface area contributed by atoms with E-state index >= 15 is 0 Å². The summed E-state index contributed by atoms with van der Waals surface area (Å²) in [6.45, 7) is 0.664. The Morgan fingerprint density at radius 3 is 2.52 bits per heavy atom. The zero-order chi connectivity index (χ0) is 17.6. The van der Waals surface area contributed by atoms with E-state index in [2.05, 4.69) is 0 Å². The molecule has 0 radical (unpaired) electrons. The van der Waals surface area contributed by atoms with E-state index in [4.69, 9.17) is 10.5 Å². The highest BCUT2D eigenvalue weighted by molar-refractivity contribution is 5.78. The zero-order valence-electron chi connectivity index (χ0n) is 14.4. The number of rotatable bonds is 9. The molecule has 2 aromatic rings. The summed E-state index contributed by atoms with van der Waals surface area (Å²) in [6, 6.07) is 13.9. The standard InChI is InChI=1S/C21H25NO3/c22-20(23)10-4-2-1-3-7-13-25-15-11-12-17-16-8-5-6-9-18(16)21(24)19(17)14-15/h5-6,8-9,11-12,14,21,24H,1-4,7,10,13H2,(H2,22,23). The maximum absolute atomic E-state index is 10.7. The smallest absolute Gasteiger partial charge is 0.217 e. The van der Waals surface area contributed by atoms with Crippen LogP contribution in [-0.4, -0.2) is 17.6 Å². The highest BCUT2D eigenvalue weighted by atomic mass is 16.5. The van der Waals surface area contributed by atoms with Crippen LogP contribution in [0.3, 0.4) is 0 Å². The first kappa shape index (κ1) is 17.5. The molecule has 0 spiro atoms. The number of unbranched alkanes of at least 4 members (excludes halogenated alkanes) is 4. The predicted octanol–water partition coefficient (Wildman–Crippen LogP) is 3.95. The summed E-state index contributed by atoms with van der Waals surface area (Å²) >= 11 is 0. The molecule has 4 nitrogen and oxygen atoms in total. The molecule has 25 heavy (non-hydrogen) atoms. The van der Waals surface area contributed by atoms with E-state index in [9.17, 15) is 9.90 Å². The number of hydrogen-bond acceptors (Lipinski definition) is 3. The van der Waals surface area contributed by atoms with Crippen LogP contribution < -0.4 is 10.5 Å². The van der Waals surface area contributed by atoms with Gasteiger partial charge in [-0.2, -0.15) is 0 Å². The Morgan fingerprint density at radius 2 is 1.68 bits per heavy atom. The maximum atomic E-state index is 10.7. The third kappa shape index (κ3) is 4.20. The molecule has 1 amide bonds. The first-order chi connectivity index (χ1) is 12.2. The van der Waals surface area contributed by atoms with E-state index < -0.39 is 6.10 Å². The van der Waals surface area contributed by atoms with Gasteiger partial charge in [0.15, 0.2) is 0 Å². The van der Waals surface area contributed by atoms with Gasteiger partial charge < -0.3 is 15.6 Å². The molecule has 0 heterocycles. The molecular weight excluding hydrogens is 314 g/mol. The summed E-state index contributed by atoms with van der Waals surface area (Å²) in [5.74, 6) is 0.587. The maximum Gasteiger partial charge on any atom is 0.217 e. The minimum absolute atomic E-state index is 0.218. The van der Waals surface area contributed by atoms with Gasteiger partial charge >= 0.3 is 0 Å². The molecule has 0 aliphatic heterocycles. The van der Waals surface area contributed by atoms with Gasteiger partial charge in [-0.1, -0.05) is 49.6 Å². The van der Waals surface area contributed by atoms with Gasteiger partial charge in [-0.15, -0.1) is 0 Å². The first-order valence-corrected chi connectivity index (χ1v) is 8.99. The lowest BCUT2D eigenvalue weighted by atomic mass is 10.1. The molecule has 0 saturated carbocycles. The normalized spacial score (nSPS) is 14.8. The van der Waals surface area contributed by atoms with Gasteiger partial charge in [0.1, 0.15) is 11.9 Å². The summed E-state index contributed by atoms with van der Waals surface area (Å²) < 4.78 is 5.84. The SMILES string of the molecule is NC(=O)CCCCCCCOc1ccc2c(c1)C(O)c1ccccc1-2. The minimum atomic E-state index is -0.569. The van der Waals surface area contributed by atoms with Crippen molar-refractivity contribution < 1.29 is 14.6 Å². The van der Waals surface area contributed by atoms with E-state index in [0.717, 1.165) is 60.1 Å². The number of primary amides is 1. The number of hydrogen-bond donors (Lipinski definition) is 2. The summed E-state index contributed by atoms with van der Waals surface area (Å²) in [5.41, 5.74) is 9.20. The lowest BCUT2D eigenvalue weighted by Gasteiger charge is -2.10. The van der Waals surface area contributed by atoms with E-state index in [1.807, 2.05) is 42.5 Å². The van der Waals surface area contributed by atoms with Crippen LogP contribution in [0.2, 0.25) is 0 Å². The highest BCUT2D eigenvalue weighted by Crippen LogP contribution is 2.44. The monoisotopic (exact) mass is 339 g/mol. The van der Waals surface area contributed by atoms with Gasteiger partial charge in [-0.25, -0.2) is 0 Å². The molecule has 2 aromatic carbocycles. The van der Waals surface area contributed by atoms with Crippen molar-refractivity contribution in [2.24, 2.45) is 5.73 Å². The molecule has 0 saturated heterocycles. The summed E-state index contributed by atoms with van der Waals surface area (Å²) in [5, 5.41) is 10.5. The van der Waals surface area contributed by atoms with Crippen molar-refractivity contribution in [2.45, 2.75) is 44.6 Å². The van der Waals surface area contributed by atoms with Gasteiger partial charge in [0.25, 0.3) is 0 Å². The van der Waals surface area contributed by atoms with Gasteiger partial charge in [0, 0.05) is 6.42 Å². The number of carbonyl (C=O) groups is 1. The third-order valence-corrected chi connectivity index (χ3v) is 4.70. The van der Waals surface area contributed by atoms with E-state index in [1.54, 1.807) is 0 Å². The topological polar surface area (TPSA) is 72.6 Å². The van der Waals surface area contributed by atoms with Gasteiger partial charge in [0.05, 0.1) is 6.61 Å². The third-order valence-electron chi connectivity index (χ3n) is 4.70. The van der Waals surface area contributed by atoms with Crippen molar-refractivity contribution in [1.82, 2.24) is 0 Å². The first-order valence-electron chi connectivity index (χ1n) is 8.99. The number of aliphatic hydroxyl groups excluding tert-OH is 1. The van der Waals surface area contributed by atoms with Crippen molar-refractivity contribution in [3.63, 3.8) is 0 Å². The number of benzene rings is 2. The predicted molar refractivity (Wildman–Crippen MR) is 98.3 cm³/mol. The Kier molecular flexibility index (Phi) is 5.71. The Morgan fingerprint density at radius 1 is 0.960 bits per heavy atom. The van der Waals surface area contributed by atoms with Crippen molar-refractivity contribution >= 4 is 5.91 Å². The summed E-state index contributed by atoms with van der Waals surface area (Å²) in [4.78, 5) is 10.7. The Balaban J connectivity index is 1.46. The summed E-state index contributed by atoms with van der Waals surface area (Å²) in [7, 11) is 0. The number of aliphatic hydroxyl groups is 1. The largest absolute Gasteiger partial charge is 0.494 e. The number of nitrogens with two attached hydrogens (primary N) is 1.